The molecule has 0 bridgehead atoms. The lowest BCUT2D eigenvalue weighted by Crippen LogP contribution is -2.45. The van der Waals surface area contributed by atoms with E-state index in [4.69, 9.17) is 9.73 Å². The monoisotopic (exact) mass is 431 g/mol. The quantitative estimate of drug-likeness (QED) is 0.355. The largest absolute Gasteiger partial charge is 0.379 e. The highest BCUT2D eigenvalue weighted by molar-refractivity contribution is 8.00. The van der Waals surface area contributed by atoms with Gasteiger partial charge in [0, 0.05) is 49.9 Å². The zero-order chi connectivity index (χ0) is 21.2. The molecule has 1 aliphatic rings. The Morgan fingerprint density at radius 2 is 1.97 bits per heavy atom. The normalized spacial score (nSPS) is 16.4. The Hall–Kier alpha value is -2.10. The number of aryl methyl sites for hydroxylation is 1. The molecule has 1 aromatic heterocycles. The van der Waals surface area contributed by atoms with Gasteiger partial charge in [0.15, 0.2) is 11.8 Å². The molecule has 30 heavy (non-hydrogen) atoms. The van der Waals surface area contributed by atoms with Crippen LogP contribution in [0.2, 0.25) is 0 Å². The maximum atomic E-state index is 5.43. The van der Waals surface area contributed by atoms with E-state index in [2.05, 4.69) is 56.9 Å². The summed E-state index contributed by atoms with van der Waals surface area (Å²) >= 11 is 1.86. The smallest absolute Gasteiger partial charge is 0.191 e. The van der Waals surface area contributed by atoms with Gasteiger partial charge in [-0.05, 0) is 19.1 Å². The number of nitrogens with zero attached hydrogens (tertiary/aromatic N) is 5. The zero-order valence-electron chi connectivity index (χ0n) is 18.2. The van der Waals surface area contributed by atoms with Crippen molar-refractivity contribution in [2.75, 3.05) is 45.9 Å². The number of hydrogen-bond donors (Lipinski definition) is 2. The molecule has 9 heteroatoms. The number of morpholine rings is 1. The molecule has 0 aliphatic carbocycles. The lowest BCUT2D eigenvalue weighted by Gasteiger charge is -2.27. The Labute approximate surface area is 183 Å². The molecule has 1 aromatic carbocycles. The van der Waals surface area contributed by atoms with E-state index < -0.39 is 0 Å². The van der Waals surface area contributed by atoms with Crippen LogP contribution < -0.4 is 10.6 Å². The first-order chi connectivity index (χ1) is 14.6. The van der Waals surface area contributed by atoms with E-state index in [1.54, 1.807) is 0 Å². The van der Waals surface area contributed by atoms with Gasteiger partial charge in [0.2, 0.25) is 0 Å². The minimum Gasteiger partial charge on any atom is -0.379 e. The predicted octanol–water partition coefficient (Wildman–Crippen LogP) is 1.67. The number of hydrogen-bond acceptors (Lipinski definition) is 6. The molecular formula is C21H33N7OS. The minimum absolute atomic E-state index is 0.413. The summed E-state index contributed by atoms with van der Waals surface area (Å²) in [5, 5.41) is 15.7. The van der Waals surface area contributed by atoms with Crippen LogP contribution in [0.25, 0.3) is 0 Å². The van der Waals surface area contributed by atoms with Gasteiger partial charge in [0.1, 0.15) is 12.4 Å². The molecule has 164 valence electrons. The number of guanidine groups is 1. The molecule has 0 saturated carbocycles. The second-order valence-corrected chi connectivity index (χ2v) is 8.90. The lowest BCUT2D eigenvalue weighted by molar-refractivity contribution is 0.0389. The third-order valence-corrected chi connectivity index (χ3v) is 6.14. The van der Waals surface area contributed by atoms with Crippen LogP contribution in [-0.2, 0) is 18.3 Å². The van der Waals surface area contributed by atoms with E-state index in [0.717, 1.165) is 63.5 Å². The Morgan fingerprint density at radius 1 is 1.20 bits per heavy atom. The Bertz CT molecular complexity index is 790. The van der Waals surface area contributed by atoms with Crippen molar-refractivity contribution in [3.63, 3.8) is 0 Å². The summed E-state index contributed by atoms with van der Waals surface area (Å²) < 4.78 is 7.40. The summed E-state index contributed by atoms with van der Waals surface area (Å²) in [5.74, 6) is 2.56. The van der Waals surface area contributed by atoms with Crippen molar-refractivity contribution in [3.8, 4) is 0 Å². The van der Waals surface area contributed by atoms with Gasteiger partial charge in [-0.25, -0.2) is 4.99 Å². The van der Waals surface area contributed by atoms with E-state index in [1.807, 2.05) is 36.4 Å². The van der Waals surface area contributed by atoms with Crippen molar-refractivity contribution in [1.82, 2.24) is 30.3 Å². The highest BCUT2D eigenvalue weighted by atomic mass is 32.2. The maximum absolute atomic E-state index is 5.43. The summed E-state index contributed by atoms with van der Waals surface area (Å²) in [6, 6.07) is 10.5. The summed E-state index contributed by atoms with van der Waals surface area (Å²) in [7, 11) is 1.97. The molecule has 2 heterocycles. The van der Waals surface area contributed by atoms with Crippen molar-refractivity contribution in [2.45, 2.75) is 30.5 Å². The number of nitrogens with one attached hydrogen (secondary N) is 2. The summed E-state index contributed by atoms with van der Waals surface area (Å²) in [5.41, 5.74) is 0. The Morgan fingerprint density at radius 3 is 2.67 bits per heavy atom. The molecule has 1 unspecified atom stereocenters. The molecule has 1 fully saturated rings. The fourth-order valence-corrected chi connectivity index (χ4v) is 4.03. The number of rotatable bonds is 9. The van der Waals surface area contributed by atoms with Gasteiger partial charge in [0.05, 0.1) is 13.2 Å². The molecule has 2 aromatic rings. The average Bonchev–Trinajstić information content (AvgIpc) is 3.09. The van der Waals surface area contributed by atoms with E-state index >= 15 is 0 Å². The van der Waals surface area contributed by atoms with E-state index in [9.17, 15) is 0 Å². The van der Waals surface area contributed by atoms with E-state index in [-0.39, 0.29) is 0 Å². The van der Waals surface area contributed by atoms with Gasteiger partial charge in [-0.15, -0.1) is 22.0 Å². The SMILES string of the molecule is Cc1nnc(CN=C(NCCN2CCOCC2)NCC(C)Sc2ccccc2)n1C. The lowest BCUT2D eigenvalue weighted by atomic mass is 10.4. The molecule has 0 spiro atoms. The number of thioether (sulfide) groups is 1. The van der Waals surface area contributed by atoms with E-state index in [0.29, 0.717) is 11.8 Å². The fraction of sp³-hybridized carbons (Fsp3) is 0.571. The van der Waals surface area contributed by atoms with Crippen LogP contribution in [0.4, 0.5) is 0 Å². The number of benzene rings is 1. The third-order valence-electron chi connectivity index (χ3n) is 5.02. The molecule has 1 saturated heterocycles. The van der Waals surface area contributed by atoms with Crippen LogP contribution in [0.5, 0.6) is 0 Å². The van der Waals surface area contributed by atoms with Crippen LogP contribution in [0.3, 0.4) is 0 Å². The maximum Gasteiger partial charge on any atom is 0.191 e. The first-order valence-corrected chi connectivity index (χ1v) is 11.4. The topological polar surface area (TPSA) is 79.6 Å². The van der Waals surface area contributed by atoms with Gasteiger partial charge < -0.3 is 19.9 Å². The molecule has 2 N–H and O–H groups in total. The summed E-state index contributed by atoms with van der Waals surface area (Å²) in [6.07, 6.45) is 0. The van der Waals surface area contributed by atoms with Crippen molar-refractivity contribution in [3.05, 3.63) is 42.0 Å². The predicted molar refractivity (Wildman–Crippen MR) is 122 cm³/mol. The van der Waals surface area contributed by atoms with Crippen LogP contribution in [0.15, 0.2) is 40.2 Å². The number of ether oxygens (including phenoxy) is 1. The van der Waals surface area contributed by atoms with Crippen LogP contribution in [-0.4, -0.2) is 76.8 Å². The van der Waals surface area contributed by atoms with E-state index in [1.165, 1.54) is 4.90 Å². The van der Waals surface area contributed by atoms with Crippen LogP contribution >= 0.6 is 11.8 Å². The first-order valence-electron chi connectivity index (χ1n) is 10.5. The molecule has 0 amide bonds. The molecule has 8 nitrogen and oxygen atoms in total. The van der Waals surface area contributed by atoms with Gasteiger partial charge >= 0.3 is 0 Å². The Kier molecular flexibility index (Phi) is 8.98. The molecular weight excluding hydrogens is 398 g/mol. The molecule has 1 aliphatic heterocycles. The van der Waals surface area contributed by atoms with Crippen molar-refractivity contribution in [1.29, 1.82) is 0 Å². The molecule has 1 atom stereocenters. The fourth-order valence-electron chi connectivity index (χ4n) is 3.08. The van der Waals surface area contributed by atoms with Crippen molar-refractivity contribution < 1.29 is 4.74 Å². The standard InChI is InChI=1S/C21H33N7OS/c1-17(30-19-7-5-4-6-8-19)15-23-21(22-9-10-28-11-13-29-14-12-28)24-16-20-26-25-18(2)27(20)3/h4-8,17H,9-16H2,1-3H3,(H2,22,23,24). The highest BCUT2D eigenvalue weighted by Crippen LogP contribution is 2.21. The number of aromatic nitrogens is 3. The molecule has 0 radical (unpaired) electrons. The minimum atomic E-state index is 0.413. The van der Waals surface area contributed by atoms with Gasteiger partial charge in [-0.2, -0.15) is 0 Å². The molecule has 3 rings (SSSR count). The van der Waals surface area contributed by atoms with Crippen LogP contribution in [0, 0.1) is 6.92 Å². The van der Waals surface area contributed by atoms with Crippen LogP contribution in [0.1, 0.15) is 18.6 Å². The van der Waals surface area contributed by atoms with Crippen molar-refractivity contribution in [2.24, 2.45) is 12.0 Å². The second-order valence-electron chi connectivity index (χ2n) is 7.39. The average molecular weight is 432 g/mol. The van der Waals surface area contributed by atoms with Gasteiger partial charge in [-0.3, -0.25) is 4.90 Å². The summed E-state index contributed by atoms with van der Waals surface area (Å²) in [6.45, 7) is 10.9. The first kappa shape index (κ1) is 22.6. The summed E-state index contributed by atoms with van der Waals surface area (Å²) in [4.78, 5) is 8.44. The second kappa shape index (κ2) is 11.9. The number of aliphatic imine (C=N–C) groups is 1. The van der Waals surface area contributed by atoms with Gasteiger partial charge in [-0.1, -0.05) is 25.1 Å². The van der Waals surface area contributed by atoms with Crippen molar-refractivity contribution >= 4 is 17.7 Å². The van der Waals surface area contributed by atoms with Gasteiger partial charge in [0.25, 0.3) is 0 Å². The zero-order valence-corrected chi connectivity index (χ0v) is 19.0. The highest BCUT2D eigenvalue weighted by Gasteiger charge is 2.11. The third kappa shape index (κ3) is 7.30. The Balaban J connectivity index is 1.53.